The largest absolute Gasteiger partial charge is 0.478 e. The van der Waals surface area contributed by atoms with E-state index in [1.807, 2.05) is 0 Å². The van der Waals surface area contributed by atoms with Crippen molar-refractivity contribution in [2.45, 2.75) is 14.7 Å². The number of azo groups is 2. The fraction of sp³-hybridized carbons (Fsp3) is 0.108. The fourth-order valence-electron chi connectivity index (χ4n) is 5.74. The quantitative estimate of drug-likeness (QED) is 0.0130. The molecule has 0 radical (unpaired) electrons. The summed E-state index contributed by atoms with van der Waals surface area (Å²) in [5.74, 6) is -2.55. The lowest BCUT2D eigenvalue weighted by Crippen LogP contribution is -2.31. The first-order valence-corrected chi connectivity index (χ1v) is 21.7. The predicted octanol–water partition coefficient (Wildman–Crippen LogP) is 6.45. The smallest absolute Gasteiger partial charge is 0.335 e. The van der Waals surface area contributed by atoms with E-state index in [1.54, 1.807) is 36.4 Å². The van der Waals surface area contributed by atoms with Crippen molar-refractivity contribution < 1.29 is 70.6 Å². The van der Waals surface area contributed by atoms with Gasteiger partial charge in [-0.3, -0.25) is 9.11 Å². The molecule has 9 N–H and O–H groups in total. The van der Waals surface area contributed by atoms with Gasteiger partial charge in [-0.25, -0.2) is 14.8 Å². The number of fused-ring (bicyclic) bond motifs is 1. The van der Waals surface area contributed by atoms with Gasteiger partial charge in [0.1, 0.15) is 9.79 Å². The summed E-state index contributed by atoms with van der Waals surface area (Å²) in [7, 11) is -10.0. The molecule has 6 aromatic rings. The Morgan fingerprint density at radius 1 is 0.615 bits per heavy atom. The summed E-state index contributed by atoms with van der Waals surface area (Å²) >= 11 is 0.273. The van der Waals surface area contributed by atoms with Crippen LogP contribution in [0.4, 0.5) is 52.0 Å². The molecule has 0 saturated carbocycles. The summed E-state index contributed by atoms with van der Waals surface area (Å²) < 4.78 is 73.6. The topological polar surface area (TPSA) is 378 Å². The number of aliphatic hydroxyl groups excluding tert-OH is 2. The molecule has 0 aliphatic carbocycles. The van der Waals surface area contributed by atoms with Gasteiger partial charge < -0.3 is 36.0 Å². The molecule has 0 atom stereocenters. The molecule has 0 bridgehead atoms. The molecule has 338 valence electrons. The lowest BCUT2D eigenvalue weighted by atomic mass is 10.1. The average Bonchev–Trinajstić information content (AvgIpc) is 3.26. The summed E-state index contributed by atoms with van der Waals surface area (Å²) in [5.41, 5.74) is 0.644. The minimum absolute atomic E-state index is 0.00680. The van der Waals surface area contributed by atoms with Crippen LogP contribution in [0.15, 0.2) is 126 Å². The van der Waals surface area contributed by atoms with Crippen LogP contribution >= 0.6 is 12.0 Å². The molecule has 1 aromatic heterocycles. The zero-order valence-electron chi connectivity index (χ0n) is 32.7. The lowest BCUT2D eigenvalue weighted by molar-refractivity contribution is -0.432. The highest BCUT2D eigenvalue weighted by Crippen LogP contribution is 2.37. The normalized spacial score (nSPS) is 12.0. The summed E-state index contributed by atoms with van der Waals surface area (Å²) in [6, 6.07) is 19.8. The third kappa shape index (κ3) is 12.5. The van der Waals surface area contributed by atoms with Gasteiger partial charge in [0.25, 0.3) is 20.2 Å². The highest BCUT2D eigenvalue weighted by molar-refractivity contribution is 7.94. The Kier molecular flexibility index (Phi) is 15.0. The molecule has 1 heterocycles. The van der Waals surface area contributed by atoms with Crippen LogP contribution in [-0.4, -0.2) is 105 Å². The standard InChI is InChI=1S/C37H32N10O15S3/c48-11-9-47(10-12-49)37-41-35(38-22-1-5-24(6-2-22)43-45-26-14-20(33(50)51)13-21(15-26)34(52)53)40-36(42-37)39-23-3-7-25(8-4-23)44-46-27-16-29-30(31(17-27)64(55,56)57)18-28(63-62-61-54)19-32(29)65(58,59)60/h1-8,13-19,48-49,54H,9-12H2,(H,50,51)(H,52,53)(H,55,56,57)(H,58,59,60)(H2,38,39,40,41,42)/b45-43+,46-44+. The molecule has 5 aromatic carbocycles. The van der Waals surface area contributed by atoms with Gasteiger partial charge in [-0.05, 0) is 91.0 Å². The van der Waals surface area contributed by atoms with E-state index in [0.29, 0.717) is 17.1 Å². The van der Waals surface area contributed by atoms with Crippen molar-refractivity contribution in [3.63, 3.8) is 0 Å². The number of nitrogens with one attached hydrogen (secondary N) is 2. The van der Waals surface area contributed by atoms with E-state index < -0.39 is 42.0 Å². The molecule has 25 nitrogen and oxygen atoms in total. The number of carboxylic acids is 2. The third-order valence-electron chi connectivity index (χ3n) is 8.54. The van der Waals surface area contributed by atoms with Gasteiger partial charge in [0, 0.05) is 40.1 Å². The number of hydrogen-bond donors (Lipinski definition) is 9. The Balaban J connectivity index is 1.24. The van der Waals surface area contributed by atoms with Crippen molar-refractivity contribution in [1.82, 2.24) is 15.0 Å². The van der Waals surface area contributed by atoms with Crippen molar-refractivity contribution >= 4 is 107 Å². The van der Waals surface area contributed by atoms with Gasteiger partial charge in [0.15, 0.2) is 0 Å². The highest BCUT2D eigenvalue weighted by atomic mass is 32.2. The molecule has 0 unspecified atom stereocenters. The van der Waals surface area contributed by atoms with Crippen molar-refractivity contribution in [1.29, 1.82) is 0 Å². The van der Waals surface area contributed by atoms with Crippen molar-refractivity contribution in [3.8, 4) is 0 Å². The molecule has 0 spiro atoms. The maximum absolute atomic E-state index is 12.4. The second kappa shape index (κ2) is 20.6. The van der Waals surface area contributed by atoms with Gasteiger partial charge in [-0.2, -0.15) is 52.2 Å². The third-order valence-corrected chi connectivity index (χ3v) is 10.9. The number of carboxylic acid groups (broad SMARTS) is 2. The number of benzene rings is 5. The van der Waals surface area contributed by atoms with E-state index in [1.165, 1.54) is 29.2 Å². The van der Waals surface area contributed by atoms with Crippen LogP contribution in [0.25, 0.3) is 10.8 Å². The van der Waals surface area contributed by atoms with Gasteiger partial charge in [0.05, 0.1) is 59.1 Å². The maximum atomic E-state index is 12.4. The van der Waals surface area contributed by atoms with Crippen LogP contribution in [0, 0.1) is 0 Å². The van der Waals surface area contributed by atoms with E-state index in [9.17, 15) is 56.0 Å². The first kappa shape index (κ1) is 47.4. The SMILES string of the molecule is O=C(O)c1cc(/N=N/c2ccc(Nc3nc(Nc4ccc(/N=N/c5cc(S(=O)(=O)O)c6cc(SOOO)cc(S(=O)(=O)O)c6c5)cc4)nc(N(CCO)CCO)n3)cc2)cc(C(=O)O)c1. The molecule has 0 amide bonds. The van der Waals surface area contributed by atoms with Gasteiger partial charge >= 0.3 is 11.9 Å². The molecule has 65 heavy (non-hydrogen) atoms. The predicted molar refractivity (Wildman–Crippen MR) is 229 cm³/mol. The highest BCUT2D eigenvalue weighted by Gasteiger charge is 2.24. The summed E-state index contributed by atoms with van der Waals surface area (Å²) in [4.78, 5) is 36.0. The van der Waals surface area contributed by atoms with Gasteiger partial charge in [0.2, 0.25) is 17.8 Å². The molecule has 0 aliphatic rings. The number of aliphatic hydroxyl groups is 2. The van der Waals surface area contributed by atoms with Gasteiger partial charge in [-0.15, -0.1) is 4.33 Å². The number of hydrogen-bond acceptors (Lipinski definition) is 22. The molecule has 0 saturated heterocycles. The minimum Gasteiger partial charge on any atom is -0.478 e. The Hall–Kier alpha value is -7.12. The first-order valence-electron chi connectivity index (χ1n) is 18.1. The molecule has 0 fully saturated rings. The van der Waals surface area contributed by atoms with Gasteiger partial charge in [-0.1, -0.05) is 5.04 Å². The Bertz CT molecular complexity index is 3000. The number of nitrogens with zero attached hydrogens (tertiary/aromatic N) is 8. The Labute approximate surface area is 370 Å². The van der Waals surface area contributed by atoms with E-state index >= 15 is 0 Å². The van der Waals surface area contributed by atoms with E-state index in [-0.39, 0.29) is 100 Å². The molecule has 6 rings (SSSR count). The maximum Gasteiger partial charge on any atom is 0.335 e. The molecular formula is C37H32N10O15S3. The number of anilines is 5. The van der Waals surface area contributed by atoms with Crippen molar-refractivity contribution in [3.05, 3.63) is 102 Å². The summed E-state index contributed by atoms with van der Waals surface area (Å²) in [6.45, 7) is -0.477. The summed E-state index contributed by atoms with van der Waals surface area (Å²) in [6.07, 6.45) is 0. The van der Waals surface area contributed by atoms with Crippen LogP contribution in [0.3, 0.4) is 0 Å². The minimum atomic E-state index is -5.03. The summed E-state index contributed by atoms with van der Waals surface area (Å²) in [5, 5.41) is 71.5. The second-order valence-corrected chi connectivity index (χ2v) is 16.5. The van der Waals surface area contributed by atoms with Crippen molar-refractivity contribution in [2.24, 2.45) is 20.5 Å². The monoisotopic (exact) mass is 952 g/mol. The van der Waals surface area contributed by atoms with E-state index in [2.05, 4.69) is 55.4 Å². The first-order chi connectivity index (χ1) is 30.9. The molecule has 0 aliphatic heterocycles. The zero-order chi connectivity index (χ0) is 46.9. The Morgan fingerprint density at radius 3 is 1.51 bits per heavy atom. The molecule has 28 heteroatoms. The second-order valence-electron chi connectivity index (χ2n) is 13.0. The number of rotatable bonds is 20. The van der Waals surface area contributed by atoms with Crippen LogP contribution in [0.1, 0.15) is 20.7 Å². The average molecular weight is 953 g/mol. The van der Waals surface area contributed by atoms with E-state index in [0.717, 1.165) is 30.3 Å². The Morgan fingerprint density at radius 2 is 1.06 bits per heavy atom. The van der Waals surface area contributed by atoms with E-state index in [4.69, 9.17) is 5.26 Å². The fourth-order valence-corrected chi connectivity index (χ4v) is 7.70. The van der Waals surface area contributed by atoms with Crippen LogP contribution in [0.5, 0.6) is 0 Å². The lowest BCUT2D eigenvalue weighted by Gasteiger charge is -2.21. The number of aromatic carboxylic acids is 2. The van der Waals surface area contributed by atoms with Crippen LogP contribution in [0.2, 0.25) is 0 Å². The van der Waals surface area contributed by atoms with Crippen molar-refractivity contribution in [2.75, 3.05) is 41.8 Å². The van der Waals surface area contributed by atoms with Crippen LogP contribution < -0.4 is 15.5 Å². The number of carbonyl (C=O) groups is 2. The van der Waals surface area contributed by atoms with Crippen LogP contribution in [-0.2, 0) is 29.6 Å². The number of aromatic nitrogens is 3. The zero-order valence-corrected chi connectivity index (χ0v) is 35.1. The molecular weight excluding hydrogens is 921 g/mol.